The zero-order valence-corrected chi connectivity index (χ0v) is 18.7. The molecule has 0 spiro atoms. The number of hydrogen-bond acceptors (Lipinski definition) is 5. The Morgan fingerprint density at radius 2 is 1.72 bits per heavy atom. The number of benzene rings is 4. The van der Waals surface area contributed by atoms with E-state index in [2.05, 4.69) is 41.4 Å². The summed E-state index contributed by atoms with van der Waals surface area (Å²) in [4.78, 5) is 5.20. The average Bonchev–Trinajstić information content (AvgIpc) is 3.25. The Morgan fingerprint density at radius 1 is 0.938 bits per heavy atom. The van der Waals surface area contributed by atoms with Crippen molar-refractivity contribution in [3.05, 3.63) is 107 Å². The van der Waals surface area contributed by atoms with Gasteiger partial charge in [0.15, 0.2) is 4.34 Å². The van der Waals surface area contributed by atoms with Crippen molar-refractivity contribution in [2.75, 3.05) is 0 Å². The van der Waals surface area contributed by atoms with Gasteiger partial charge < -0.3 is 4.74 Å². The van der Waals surface area contributed by atoms with Crippen LogP contribution in [0.2, 0.25) is 0 Å². The second kappa shape index (κ2) is 9.27. The van der Waals surface area contributed by atoms with Gasteiger partial charge >= 0.3 is 0 Å². The van der Waals surface area contributed by atoms with Gasteiger partial charge in [-0.1, -0.05) is 72.8 Å². The molecule has 3 nitrogen and oxygen atoms in total. The fourth-order valence-corrected chi connectivity index (χ4v) is 5.49. The molecular weight excluding hydrogens is 432 g/mol. The number of thiazole rings is 1. The summed E-state index contributed by atoms with van der Waals surface area (Å²) in [6, 6.07) is 32.7. The van der Waals surface area contributed by atoms with Gasteiger partial charge in [0.2, 0.25) is 0 Å². The normalized spacial score (nSPS) is 11.5. The molecule has 1 aromatic heterocycles. The molecule has 0 bridgehead atoms. The maximum atomic E-state index is 9.74. The largest absolute Gasteiger partial charge is 0.488 e. The fourth-order valence-electron chi connectivity index (χ4n) is 3.52. The molecule has 0 saturated carbocycles. The summed E-state index contributed by atoms with van der Waals surface area (Å²) in [6.45, 7) is 0.457. The summed E-state index contributed by atoms with van der Waals surface area (Å²) in [7, 11) is 0. The Kier molecular flexibility index (Phi) is 5.89. The first-order chi connectivity index (χ1) is 15.8. The summed E-state index contributed by atoms with van der Waals surface area (Å²) >= 11 is 2.98. The molecule has 0 atom stereocenters. The van der Waals surface area contributed by atoms with Gasteiger partial charge in [0.05, 0.1) is 15.1 Å². The lowest BCUT2D eigenvalue weighted by Crippen LogP contribution is -1.98. The van der Waals surface area contributed by atoms with Gasteiger partial charge in [0, 0.05) is 5.56 Å². The van der Waals surface area contributed by atoms with Crippen molar-refractivity contribution in [3.63, 3.8) is 0 Å². The molecule has 0 unspecified atom stereocenters. The first kappa shape index (κ1) is 20.3. The van der Waals surface area contributed by atoms with Crippen LogP contribution in [-0.4, -0.2) is 4.98 Å². The van der Waals surface area contributed by atoms with Crippen LogP contribution in [0, 0.1) is 11.3 Å². The number of nitrogens with zero attached hydrogens (tertiary/aromatic N) is 2. The molecule has 32 heavy (non-hydrogen) atoms. The van der Waals surface area contributed by atoms with E-state index in [0.29, 0.717) is 11.5 Å². The van der Waals surface area contributed by atoms with E-state index < -0.39 is 0 Å². The maximum absolute atomic E-state index is 9.74. The van der Waals surface area contributed by atoms with Crippen molar-refractivity contribution in [1.29, 1.82) is 5.26 Å². The fraction of sp³-hybridized carbons (Fsp3) is 0.0370. The van der Waals surface area contributed by atoms with E-state index in [9.17, 15) is 5.26 Å². The number of para-hydroxylation sites is 2. The minimum absolute atomic E-state index is 0.457. The van der Waals surface area contributed by atoms with Crippen molar-refractivity contribution in [1.82, 2.24) is 4.98 Å². The Labute approximate surface area is 194 Å². The Hall–Kier alpha value is -3.59. The zero-order valence-electron chi connectivity index (χ0n) is 17.1. The monoisotopic (exact) mass is 450 g/mol. The van der Waals surface area contributed by atoms with Crippen molar-refractivity contribution in [2.45, 2.75) is 10.9 Å². The van der Waals surface area contributed by atoms with Gasteiger partial charge in [0.1, 0.15) is 18.4 Å². The van der Waals surface area contributed by atoms with Crippen LogP contribution < -0.4 is 4.74 Å². The molecule has 5 aromatic rings. The number of nitriles is 1. The molecule has 4 aromatic carbocycles. The highest BCUT2D eigenvalue weighted by Crippen LogP contribution is 2.35. The van der Waals surface area contributed by atoms with E-state index in [0.717, 1.165) is 31.4 Å². The third kappa shape index (κ3) is 4.38. The highest BCUT2D eigenvalue weighted by Gasteiger charge is 2.09. The van der Waals surface area contributed by atoms with Crippen LogP contribution >= 0.6 is 23.1 Å². The summed E-state index contributed by atoms with van der Waals surface area (Å²) in [5.41, 5.74) is 2.96. The Balaban J connectivity index is 1.39. The van der Waals surface area contributed by atoms with E-state index in [1.54, 1.807) is 11.3 Å². The van der Waals surface area contributed by atoms with Crippen LogP contribution in [0.3, 0.4) is 0 Å². The molecule has 0 aliphatic carbocycles. The van der Waals surface area contributed by atoms with Crippen molar-refractivity contribution < 1.29 is 4.74 Å². The SMILES string of the molecule is N#CC(=Cc1ccccc1OCc1cccc2ccccc12)Sc1nc2ccccc2s1. The molecule has 0 amide bonds. The summed E-state index contributed by atoms with van der Waals surface area (Å²) < 4.78 is 8.17. The highest BCUT2D eigenvalue weighted by atomic mass is 32.2. The van der Waals surface area contributed by atoms with Gasteiger partial charge in [-0.05, 0) is 52.4 Å². The second-order valence-electron chi connectivity index (χ2n) is 7.13. The summed E-state index contributed by atoms with van der Waals surface area (Å²) in [5.74, 6) is 0.748. The molecule has 0 fully saturated rings. The zero-order chi connectivity index (χ0) is 21.8. The Morgan fingerprint density at radius 3 is 2.62 bits per heavy atom. The maximum Gasteiger partial charge on any atom is 0.156 e. The lowest BCUT2D eigenvalue weighted by molar-refractivity contribution is 0.307. The van der Waals surface area contributed by atoms with Crippen LogP contribution in [-0.2, 0) is 6.61 Å². The quantitative estimate of drug-likeness (QED) is 0.196. The van der Waals surface area contributed by atoms with Crippen LogP contribution in [0.4, 0.5) is 0 Å². The number of rotatable bonds is 6. The molecule has 5 rings (SSSR count). The van der Waals surface area contributed by atoms with Gasteiger partial charge in [-0.25, -0.2) is 4.98 Å². The van der Waals surface area contributed by atoms with E-state index in [4.69, 9.17) is 4.74 Å². The number of aromatic nitrogens is 1. The van der Waals surface area contributed by atoms with Crippen molar-refractivity contribution >= 4 is 50.2 Å². The number of thioether (sulfide) groups is 1. The molecule has 154 valence electrons. The van der Waals surface area contributed by atoms with E-state index in [1.807, 2.05) is 66.7 Å². The topological polar surface area (TPSA) is 45.9 Å². The number of hydrogen-bond donors (Lipinski definition) is 0. The number of ether oxygens (including phenoxy) is 1. The average molecular weight is 451 g/mol. The standard InChI is InChI=1S/C27H18N2OS2/c28-17-22(31-27-29-24-13-4-6-15-26(24)32-27)16-20-9-2-5-14-25(20)30-18-21-11-7-10-19-8-1-3-12-23(19)21/h1-16H,18H2. The van der Waals surface area contributed by atoms with E-state index in [-0.39, 0.29) is 0 Å². The third-order valence-corrected chi connectivity index (χ3v) is 7.08. The lowest BCUT2D eigenvalue weighted by atomic mass is 10.1. The van der Waals surface area contributed by atoms with Gasteiger partial charge in [-0.3, -0.25) is 0 Å². The van der Waals surface area contributed by atoms with Crippen LogP contribution in [0.5, 0.6) is 5.75 Å². The van der Waals surface area contributed by atoms with Crippen molar-refractivity contribution in [3.8, 4) is 11.8 Å². The molecular formula is C27H18N2OS2. The van der Waals surface area contributed by atoms with Crippen molar-refractivity contribution in [2.24, 2.45) is 0 Å². The van der Waals surface area contributed by atoms with Crippen LogP contribution in [0.15, 0.2) is 100 Å². The van der Waals surface area contributed by atoms with E-state index in [1.165, 1.54) is 22.5 Å². The van der Waals surface area contributed by atoms with Gasteiger partial charge in [0.25, 0.3) is 0 Å². The van der Waals surface area contributed by atoms with Crippen LogP contribution in [0.25, 0.3) is 27.1 Å². The Bertz CT molecular complexity index is 1440. The minimum atomic E-state index is 0.457. The third-order valence-electron chi connectivity index (χ3n) is 5.05. The number of allylic oxidation sites excluding steroid dienone is 1. The van der Waals surface area contributed by atoms with Gasteiger partial charge in [-0.15, -0.1) is 11.3 Å². The molecule has 0 N–H and O–H groups in total. The number of fused-ring (bicyclic) bond motifs is 2. The molecule has 5 heteroatoms. The summed E-state index contributed by atoms with van der Waals surface area (Å²) in [5, 5.41) is 12.1. The van der Waals surface area contributed by atoms with Crippen LogP contribution in [0.1, 0.15) is 11.1 Å². The smallest absolute Gasteiger partial charge is 0.156 e. The first-order valence-electron chi connectivity index (χ1n) is 10.1. The first-order valence-corrected chi connectivity index (χ1v) is 11.8. The molecule has 1 heterocycles. The molecule has 0 radical (unpaired) electrons. The molecule has 0 aliphatic heterocycles. The van der Waals surface area contributed by atoms with E-state index >= 15 is 0 Å². The summed E-state index contributed by atoms with van der Waals surface area (Å²) in [6.07, 6.45) is 1.87. The predicted molar refractivity (Wildman–Crippen MR) is 134 cm³/mol. The lowest BCUT2D eigenvalue weighted by Gasteiger charge is -2.11. The molecule has 0 saturated heterocycles. The highest BCUT2D eigenvalue weighted by molar-refractivity contribution is 8.05. The van der Waals surface area contributed by atoms with Gasteiger partial charge in [-0.2, -0.15) is 5.26 Å². The molecule has 0 aliphatic rings. The predicted octanol–water partition coefficient (Wildman–Crippen LogP) is 7.69. The minimum Gasteiger partial charge on any atom is -0.488 e. The second-order valence-corrected chi connectivity index (χ2v) is 9.45.